The topological polar surface area (TPSA) is 50.3 Å². The highest BCUT2D eigenvalue weighted by Gasteiger charge is 2.11. The highest BCUT2D eigenvalue weighted by atomic mass is 16.5. The molecule has 5 heteroatoms. The van der Waals surface area contributed by atoms with Crippen molar-refractivity contribution in [2.24, 2.45) is 0 Å². The fourth-order valence-electron chi connectivity index (χ4n) is 1.79. The zero-order valence-electron chi connectivity index (χ0n) is 9.65. The van der Waals surface area contributed by atoms with Crippen LogP contribution in [0.5, 0.6) is 0 Å². The zero-order chi connectivity index (χ0) is 11.2. The number of ether oxygens (including phenoxy) is 1. The van der Waals surface area contributed by atoms with Crippen LogP contribution in [0, 0.1) is 0 Å². The molecule has 2 rings (SSSR count). The Bertz CT molecular complexity index is 324. The van der Waals surface area contributed by atoms with Gasteiger partial charge in [0.1, 0.15) is 5.82 Å². The molecule has 0 radical (unpaired) electrons. The smallest absolute Gasteiger partial charge is 0.147 e. The Morgan fingerprint density at radius 2 is 2.31 bits per heavy atom. The van der Waals surface area contributed by atoms with Crippen LogP contribution in [0.4, 0.5) is 5.82 Å². The van der Waals surface area contributed by atoms with E-state index in [1.165, 1.54) is 0 Å². The van der Waals surface area contributed by atoms with Crippen LogP contribution in [-0.2, 0) is 11.3 Å². The van der Waals surface area contributed by atoms with Crippen LogP contribution in [0.25, 0.3) is 0 Å². The van der Waals surface area contributed by atoms with Gasteiger partial charge in [0.25, 0.3) is 0 Å². The van der Waals surface area contributed by atoms with Crippen molar-refractivity contribution in [1.82, 2.24) is 15.3 Å². The van der Waals surface area contributed by atoms with Gasteiger partial charge in [-0.2, -0.15) is 0 Å². The molecule has 1 aromatic rings. The lowest BCUT2D eigenvalue weighted by Gasteiger charge is -2.20. The molecule has 0 saturated carbocycles. The first-order chi connectivity index (χ1) is 7.90. The van der Waals surface area contributed by atoms with Gasteiger partial charge in [0.05, 0.1) is 18.5 Å². The molecule has 1 fully saturated rings. The van der Waals surface area contributed by atoms with Crippen molar-refractivity contribution in [3.05, 3.63) is 18.1 Å². The Kier molecular flexibility index (Phi) is 4.07. The first-order valence-electron chi connectivity index (χ1n) is 5.68. The summed E-state index contributed by atoms with van der Waals surface area (Å²) in [6.07, 6.45) is 4.68. The molecule has 0 aromatic carbocycles. The fourth-order valence-corrected chi connectivity index (χ4v) is 1.79. The predicted molar refractivity (Wildman–Crippen MR) is 62.4 cm³/mol. The maximum Gasteiger partial charge on any atom is 0.147 e. The minimum atomic E-state index is 0.755. The molecule has 0 aliphatic carbocycles. The minimum absolute atomic E-state index is 0.755. The van der Waals surface area contributed by atoms with Gasteiger partial charge in [-0.1, -0.05) is 0 Å². The number of hydrogen-bond acceptors (Lipinski definition) is 5. The Morgan fingerprint density at radius 1 is 1.38 bits per heavy atom. The molecule has 0 bridgehead atoms. The zero-order valence-corrected chi connectivity index (χ0v) is 9.65. The van der Waals surface area contributed by atoms with Crippen LogP contribution in [0.2, 0.25) is 0 Å². The van der Waals surface area contributed by atoms with Crippen LogP contribution in [0.15, 0.2) is 12.4 Å². The third kappa shape index (κ3) is 2.90. The van der Waals surface area contributed by atoms with Crippen molar-refractivity contribution in [2.45, 2.75) is 13.0 Å². The highest BCUT2D eigenvalue weighted by molar-refractivity contribution is 5.36. The number of nitrogens with one attached hydrogen (secondary N) is 1. The second-order valence-corrected chi connectivity index (χ2v) is 3.85. The van der Waals surface area contributed by atoms with Gasteiger partial charge in [0.2, 0.25) is 0 Å². The van der Waals surface area contributed by atoms with Gasteiger partial charge in [0, 0.05) is 32.4 Å². The highest BCUT2D eigenvalue weighted by Crippen LogP contribution is 2.11. The van der Waals surface area contributed by atoms with E-state index >= 15 is 0 Å². The number of hydrogen-bond donors (Lipinski definition) is 1. The summed E-state index contributed by atoms with van der Waals surface area (Å²) in [4.78, 5) is 11.0. The molecule has 88 valence electrons. The normalized spacial score (nSPS) is 17.2. The molecule has 1 aromatic heterocycles. The summed E-state index contributed by atoms with van der Waals surface area (Å²) < 4.78 is 5.42. The van der Waals surface area contributed by atoms with Crippen molar-refractivity contribution in [3.63, 3.8) is 0 Å². The van der Waals surface area contributed by atoms with E-state index in [-0.39, 0.29) is 0 Å². The largest absolute Gasteiger partial charge is 0.380 e. The average molecular weight is 222 g/mol. The van der Waals surface area contributed by atoms with E-state index in [1.807, 2.05) is 13.2 Å². The Hall–Kier alpha value is -1.20. The van der Waals surface area contributed by atoms with E-state index in [2.05, 4.69) is 20.2 Å². The van der Waals surface area contributed by atoms with Crippen LogP contribution in [-0.4, -0.2) is 43.3 Å². The van der Waals surface area contributed by atoms with E-state index in [9.17, 15) is 0 Å². The standard InChI is InChI=1S/C11H18N4O/c1-12-7-10-8-13-9-11(14-10)15-3-2-5-16-6-4-15/h8-9,12H,2-7H2,1H3. The van der Waals surface area contributed by atoms with Gasteiger partial charge in [-0.15, -0.1) is 0 Å². The van der Waals surface area contributed by atoms with Gasteiger partial charge in [-0.3, -0.25) is 4.98 Å². The first-order valence-corrected chi connectivity index (χ1v) is 5.68. The summed E-state index contributed by atoms with van der Waals surface area (Å²) in [5.74, 6) is 0.957. The average Bonchev–Trinajstić information content (AvgIpc) is 2.58. The van der Waals surface area contributed by atoms with Crippen molar-refractivity contribution < 1.29 is 4.74 Å². The van der Waals surface area contributed by atoms with E-state index in [0.717, 1.165) is 50.8 Å². The monoisotopic (exact) mass is 222 g/mol. The molecule has 0 atom stereocenters. The maximum atomic E-state index is 5.42. The molecule has 1 saturated heterocycles. The summed E-state index contributed by atoms with van der Waals surface area (Å²) in [6, 6.07) is 0. The second kappa shape index (κ2) is 5.77. The number of nitrogens with zero attached hydrogens (tertiary/aromatic N) is 3. The summed E-state index contributed by atoms with van der Waals surface area (Å²) in [7, 11) is 1.91. The summed E-state index contributed by atoms with van der Waals surface area (Å²) in [5.41, 5.74) is 0.977. The maximum absolute atomic E-state index is 5.42. The van der Waals surface area contributed by atoms with Gasteiger partial charge in [-0.05, 0) is 13.5 Å². The van der Waals surface area contributed by atoms with Crippen molar-refractivity contribution in [2.75, 3.05) is 38.3 Å². The van der Waals surface area contributed by atoms with Gasteiger partial charge in [0.15, 0.2) is 0 Å². The Morgan fingerprint density at radius 3 is 3.19 bits per heavy atom. The molecule has 2 heterocycles. The molecular formula is C11H18N4O. The lowest BCUT2D eigenvalue weighted by Crippen LogP contribution is -2.27. The van der Waals surface area contributed by atoms with Gasteiger partial charge in [-0.25, -0.2) is 4.98 Å². The van der Waals surface area contributed by atoms with Crippen molar-refractivity contribution in [1.29, 1.82) is 0 Å². The molecule has 16 heavy (non-hydrogen) atoms. The van der Waals surface area contributed by atoms with Gasteiger partial charge >= 0.3 is 0 Å². The number of aromatic nitrogens is 2. The summed E-state index contributed by atoms with van der Waals surface area (Å²) in [6.45, 7) is 4.28. The quantitative estimate of drug-likeness (QED) is 0.803. The molecule has 1 N–H and O–H groups in total. The van der Waals surface area contributed by atoms with Gasteiger partial charge < -0.3 is 15.0 Å². The third-order valence-electron chi connectivity index (χ3n) is 2.58. The second-order valence-electron chi connectivity index (χ2n) is 3.85. The predicted octanol–water partition coefficient (Wildman–Crippen LogP) is 0.423. The molecule has 1 aliphatic rings. The SMILES string of the molecule is CNCc1cncc(N2CCCOCC2)n1. The molecule has 5 nitrogen and oxygen atoms in total. The van der Waals surface area contributed by atoms with Crippen molar-refractivity contribution in [3.8, 4) is 0 Å². The summed E-state index contributed by atoms with van der Waals surface area (Å²) >= 11 is 0. The van der Waals surface area contributed by atoms with Crippen molar-refractivity contribution >= 4 is 5.82 Å². The van der Waals surface area contributed by atoms with E-state index in [1.54, 1.807) is 6.20 Å². The molecule has 0 spiro atoms. The fraction of sp³-hybridized carbons (Fsp3) is 0.636. The molecule has 0 amide bonds. The lowest BCUT2D eigenvalue weighted by atomic mass is 10.4. The van der Waals surface area contributed by atoms with Crippen LogP contribution in [0.3, 0.4) is 0 Å². The van der Waals surface area contributed by atoms with Crippen LogP contribution >= 0.6 is 0 Å². The Balaban J connectivity index is 2.08. The number of anilines is 1. The first kappa shape index (κ1) is 11.3. The summed E-state index contributed by atoms with van der Waals surface area (Å²) in [5, 5.41) is 3.08. The van der Waals surface area contributed by atoms with Crippen LogP contribution < -0.4 is 10.2 Å². The Labute approximate surface area is 95.8 Å². The molecule has 1 aliphatic heterocycles. The van der Waals surface area contributed by atoms with E-state index < -0.39 is 0 Å². The lowest BCUT2D eigenvalue weighted by molar-refractivity contribution is 0.152. The third-order valence-corrected chi connectivity index (χ3v) is 2.58. The molecular weight excluding hydrogens is 204 g/mol. The van der Waals surface area contributed by atoms with E-state index in [0.29, 0.717) is 0 Å². The van der Waals surface area contributed by atoms with Crippen LogP contribution in [0.1, 0.15) is 12.1 Å². The number of rotatable bonds is 3. The van der Waals surface area contributed by atoms with E-state index in [4.69, 9.17) is 4.74 Å². The molecule has 0 unspecified atom stereocenters. The minimum Gasteiger partial charge on any atom is -0.380 e.